The van der Waals surface area contributed by atoms with Crippen molar-refractivity contribution in [3.8, 4) is 0 Å². The average molecular weight is 399 g/mol. The van der Waals surface area contributed by atoms with Gasteiger partial charge in [0.2, 0.25) is 0 Å². The molecule has 0 saturated carbocycles. The van der Waals surface area contributed by atoms with Crippen molar-refractivity contribution in [1.29, 1.82) is 0 Å². The van der Waals surface area contributed by atoms with Crippen LogP contribution in [-0.2, 0) is 12.7 Å². The molecule has 2 fully saturated rings. The maximum absolute atomic E-state index is 12.7. The molecule has 27 heavy (non-hydrogen) atoms. The fourth-order valence-corrected chi connectivity index (χ4v) is 4.12. The van der Waals surface area contributed by atoms with Gasteiger partial charge in [-0.2, -0.15) is 23.0 Å². The molecule has 0 N–H and O–H groups in total. The van der Waals surface area contributed by atoms with Gasteiger partial charge in [-0.25, -0.2) is 4.79 Å². The summed E-state index contributed by atoms with van der Waals surface area (Å²) in [4.78, 5) is 16.5. The first-order valence-corrected chi connectivity index (χ1v) is 9.05. The maximum atomic E-state index is 12.7. The molecule has 1 amide bonds. The van der Waals surface area contributed by atoms with Crippen LogP contribution in [0.4, 0.5) is 18.0 Å². The lowest BCUT2D eigenvalue weighted by atomic mass is 10.0. The van der Waals surface area contributed by atoms with E-state index in [-0.39, 0.29) is 6.03 Å². The van der Waals surface area contributed by atoms with Crippen LogP contribution in [0.5, 0.6) is 0 Å². The van der Waals surface area contributed by atoms with E-state index < -0.39 is 11.7 Å². The largest absolute Gasteiger partial charge is 0.416 e. The Labute approximate surface area is 159 Å². The standard InChI is InChI=1S/C18H18ClF3N4O/c19-16-5-23-26(11-16)17(27)25-9-13-7-24(8-14(13)10-25)6-12-1-3-15(4-2-12)18(20,21)22/h1-5,11,13-14H,6-10H2. The van der Waals surface area contributed by atoms with Crippen molar-refractivity contribution in [1.82, 2.24) is 19.6 Å². The van der Waals surface area contributed by atoms with Gasteiger partial charge >= 0.3 is 12.2 Å². The van der Waals surface area contributed by atoms with Crippen molar-refractivity contribution in [3.05, 3.63) is 52.8 Å². The van der Waals surface area contributed by atoms with E-state index in [1.165, 1.54) is 29.2 Å². The van der Waals surface area contributed by atoms with E-state index in [9.17, 15) is 18.0 Å². The molecule has 9 heteroatoms. The normalized spacial score (nSPS) is 23.0. The minimum atomic E-state index is -4.31. The summed E-state index contributed by atoms with van der Waals surface area (Å²) in [5.74, 6) is 0.740. The van der Waals surface area contributed by atoms with Gasteiger partial charge in [0.05, 0.1) is 23.0 Å². The molecule has 1 aromatic carbocycles. The molecule has 3 heterocycles. The number of nitrogens with zero attached hydrogens (tertiary/aromatic N) is 4. The number of amides is 1. The average Bonchev–Trinajstić information content (AvgIpc) is 3.28. The molecular formula is C18H18ClF3N4O. The topological polar surface area (TPSA) is 41.4 Å². The number of hydrogen-bond donors (Lipinski definition) is 0. The second-order valence-electron chi connectivity index (χ2n) is 7.20. The highest BCUT2D eigenvalue weighted by Gasteiger charge is 2.42. The molecule has 2 aliphatic rings. The van der Waals surface area contributed by atoms with Crippen molar-refractivity contribution in [2.45, 2.75) is 12.7 Å². The molecule has 0 spiro atoms. The third-order valence-corrected chi connectivity index (χ3v) is 5.46. The van der Waals surface area contributed by atoms with Crippen LogP contribution in [0.1, 0.15) is 11.1 Å². The van der Waals surface area contributed by atoms with Gasteiger partial charge < -0.3 is 4.90 Å². The van der Waals surface area contributed by atoms with Crippen LogP contribution in [0.3, 0.4) is 0 Å². The summed E-state index contributed by atoms with van der Waals surface area (Å²) in [6, 6.07) is 5.15. The zero-order chi connectivity index (χ0) is 19.2. The number of rotatable bonds is 2. The summed E-state index contributed by atoms with van der Waals surface area (Å²) in [6.45, 7) is 3.59. The minimum Gasteiger partial charge on any atom is -0.322 e. The number of halogens is 4. The second kappa shape index (κ2) is 6.83. The SMILES string of the molecule is O=C(N1CC2CN(Cc3ccc(C(F)(F)F)cc3)CC2C1)n1cc(Cl)cn1. The Morgan fingerprint density at radius 1 is 1.11 bits per heavy atom. The first kappa shape index (κ1) is 18.3. The number of benzene rings is 1. The highest BCUT2D eigenvalue weighted by molar-refractivity contribution is 6.30. The Kier molecular flexibility index (Phi) is 4.63. The quantitative estimate of drug-likeness (QED) is 0.776. The molecule has 0 aliphatic carbocycles. The molecule has 4 rings (SSSR count). The van der Waals surface area contributed by atoms with Gasteiger partial charge in [0.1, 0.15) is 0 Å². The van der Waals surface area contributed by atoms with E-state index >= 15 is 0 Å². The fourth-order valence-electron chi connectivity index (χ4n) is 3.98. The Bertz CT molecular complexity index is 822. The smallest absolute Gasteiger partial charge is 0.322 e. The highest BCUT2D eigenvalue weighted by atomic mass is 35.5. The van der Waals surface area contributed by atoms with Crippen molar-refractivity contribution in [2.24, 2.45) is 11.8 Å². The van der Waals surface area contributed by atoms with E-state index in [2.05, 4.69) is 10.00 Å². The first-order chi connectivity index (χ1) is 12.8. The predicted octanol–water partition coefficient (Wildman–Crippen LogP) is 3.59. The molecule has 1 aromatic heterocycles. The second-order valence-corrected chi connectivity index (χ2v) is 7.64. The van der Waals surface area contributed by atoms with E-state index in [1.54, 1.807) is 4.90 Å². The summed E-state index contributed by atoms with van der Waals surface area (Å²) in [5, 5.41) is 4.37. The summed E-state index contributed by atoms with van der Waals surface area (Å²) in [5.41, 5.74) is 0.236. The molecule has 2 aliphatic heterocycles. The zero-order valence-corrected chi connectivity index (χ0v) is 15.1. The lowest BCUT2D eigenvalue weighted by Crippen LogP contribution is -2.36. The van der Waals surface area contributed by atoms with Gasteiger partial charge in [0, 0.05) is 32.7 Å². The molecule has 2 aromatic rings. The highest BCUT2D eigenvalue weighted by Crippen LogP contribution is 2.33. The van der Waals surface area contributed by atoms with Gasteiger partial charge in [0.25, 0.3) is 0 Å². The molecule has 2 unspecified atom stereocenters. The van der Waals surface area contributed by atoms with Crippen LogP contribution in [0.25, 0.3) is 0 Å². The van der Waals surface area contributed by atoms with Crippen molar-refractivity contribution in [3.63, 3.8) is 0 Å². The summed E-state index contributed by atoms with van der Waals surface area (Å²) in [7, 11) is 0. The molecule has 5 nitrogen and oxygen atoms in total. The van der Waals surface area contributed by atoms with Crippen molar-refractivity contribution in [2.75, 3.05) is 26.2 Å². The zero-order valence-electron chi connectivity index (χ0n) is 14.4. The van der Waals surface area contributed by atoms with E-state index in [0.29, 0.717) is 36.5 Å². The Morgan fingerprint density at radius 3 is 2.26 bits per heavy atom. The number of likely N-dealkylation sites (tertiary alicyclic amines) is 2. The predicted molar refractivity (Wildman–Crippen MR) is 93.3 cm³/mol. The molecule has 2 saturated heterocycles. The Balaban J connectivity index is 1.33. The van der Waals surface area contributed by atoms with Gasteiger partial charge in [-0.05, 0) is 29.5 Å². The van der Waals surface area contributed by atoms with Gasteiger partial charge in [-0.1, -0.05) is 23.7 Å². The minimum absolute atomic E-state index is 0.175. The third kappa shape index (κ3) is 3.82. The Hall–Kier alpha value is -2.06. The lowest BCUT2D eigenvalue weighted by molar-refractivity contribution is -0.137. The van der Waals surface area contributed by atoms with Crippen LogP contribution >= 0.6 is 11.6 Å². The van der Waals surface area contributed by atoms with Crippen molar-refractivity contribution >= 4 is 17.6 Å². The van der Waals surface area contributed by atoms with Crippen molar-refractivity contribution < 1.29 is 18.0 Å². The van der Waals surface area contributed by atoms with E-state index in [0.717, 1.165) is 30.8 Å². The molecule has 2 atom stereocenters. The van der Waals surface area contributed by atoms with Crippen LogP contribution < -0.4 is 0 Å². The van der Waals surface area contributed by atoms with Crippen LogP contribution in [0, 0.1) is 11.8 Å². The monoisotopic (exact) mass is 398 g/mol. The number of hydrogen-bond acceptors (Lipinski definition) is 3. The Morgan fingerprint density at radius 2 is 1.74 bits per heavy atom. The number of carbonyl (C=O) groups is 1. The van der Waals surface area contributed by atoms with Gasteiger partial charge in [0.15, 0.2) is 0 Å². The van der Waals surface area contributed by atoms with Gasteiger partial charge in [-0.15, -0.1) is 0 Å². The molecule has 0 bridgehead atoms. The van der Waals surface area contributed by atoms with E-state index in [4.69, 9.17) is 11.6 Å². The van der Waals surface area contributed by atoms with Crippen LogP contribution in [-0.4, -0.2) is 51.8 Å². The molecule has 144 valence electrons. The number of aromatic nitrogens is 2. The summed E-state index contributed by atoms with van der Waals surface area (Å²) in [6.07, 6.45) is -1.38. The first-order valence-electron chi connectivity index (χ1n) is 8.67. The number of fused-ring (bicyclic) bond motifs is 1. The summed E-state index contributed by atoms with van der Waals surface area (Å²) < 4.78 is 39.2. The maximum Gasteiger partial charge on any atom is 0.416 e. The lowest BCUT2D eigenvalue weighted by Gasteiger charge is -2.21. The summed E-state index contributed by atoms with van der Waals surface area (Å²) >= 11 is 5.81. The molecular weight excluding hydrogens is 381 g/mol. The van der Waals surface area contributed by atoms with Crippen LogP contribution in [0.15, 0.2) is 36.7 Å². The third-order valence-electron chi connectivity index (χ3n) is 5.27. The number of carbonyl (C=O) groups excluding carboxylic acids is 1. The number of alkyl halides is 3. The molecule has 0 radical (unpaired) electrons. The fraction of sp³-hybridized carbons (Fsp3) is 0.444. The van der Waals surface area contributed by atoms with E-state index in [1.807, 2.05) is 0 Å². The van der Waals surface area contributed by atoms with Gasteiger partial charge in [-0.3, -0.25) is 4.90 Å². The van der Waals surface area contributed by atoms with Crippen LogP contribution in [0.2, 0.25) is 5.02 Å².